The molecule has 1 aromatic carbocycles. The molecule has 21 heavy (non-hydrogen) atoms. The van der Waals surface area contributed by atoms with Crippen molar-refractivity contribution in [1.82, 2.24) is 9.88 Å². The Morgan fingerprint density at radius 1 is 1.33 bits per heavy atom. The third kappa shape index (κ3) is 3.50. The first kappa shape index (κ1) is 15.3. The van der Waals surface area contributed by atoms with Crippen LogP contribution in [0.1, 0.15) is 36.6 Å². The second-order valence-electron chi connectivity index (χ2n) is 5.55. The van der Waals surface area contributed by atoms with Crippen molar-refractivity contribution < 1.29 is 4.39 Å². The van der Waals surface area contributed by atoms with Gasteiger partial charge in [0.2, 0.25) is 0 Å². The Kier molecular flexibility index (Phi) is 4.77. The predicted molar refractivity (Wildman–Crippen MR) is 81.3 cm³/mol. The summed E-state index contributed by atoms with van der Waals surface area (Å²) in [6.07, 6.45) is 4.11. The van der Waals surface area contributed by atoms with Crippen molar-refractivity contribution in [2.45, 2.75) is 26.4 Å². The van der Waals surface area contributed by atoms with E-state index in [0.717, 1.165) is 5.56 Å². The van der Waals surface area contributed by atoms with Crippen LogP contribution in [0.25, 0.3) is 0 Å². The van der Waals surface area contributed by atoms with Crippen LogP contribution in [0.3, 0.4) is 0 Å². The van der Waals surface area contributed by atoms with E-state index in [9.17, 15) is 4.39 Å². The molecule has 110 valence electrons. The maximum atomic E-state index is 13.3. The third-order valence-electron chi connectivity index (χ3n) is 3.63. The summed E-state index contributed by atoms with van der Waals surface area (Å²) in [5.74, 6) is 0.0337. The highest BCUT2D eigenvalue weighted by Gasteiger charge is 2.14. The summed E-state index contributed by atoms with van der Waals surface area (Å²) in [5, 5.41) is 12.2. The van der Waals surface area contributed by atoms with Crippen LogP contribution < -0.4 is 5.32 Å². The first-order chi connectivity index (χ1) is 10.0. The molecular weight excluding hydrogens is 265 g/mol. The van der Waals surface area contributed by atoms with Crippen molar-refractivity contribution in [1.29, 1.82) is 5.26 Å². The van der Waals surface area contributed by atoms with Gasteiger partial charge in [-0.25, -0.2) is 4.39 Å². The molecule has 0 aliphatic rings. The lowest BCUT2D eigenvalue weighted by Crippen LogP contribution is -2.21. The van der Waals surface area contributed by atoms with Crippen LogP contribution in [-0.4, -0.2) is 11.6 Å². The molecule has 0 fully saturated rings. The zero-order chi connectivity index (χ0) is 15.4. The smallest absolute Gasteiger partial charge is 0.140 e. The lowest BCUT2D eigenvalue weighted by atomic mass is 9.99. The quantitative estimate of drug-likeness (QED) is 0.914. The number of nitriles is 1. The number of halogens is 1. The number of aromatic nitrogens is 1. The summed E-state index contributed by atoms with van der Waals surface area (Å²) in [6.45, 7) is 4.98. The largest absolute Gasteiger partial charge is 0.350 e. The van der Waals surface area contributed by atoms with Crippen molar-refractivity contribution in [2.75, 3.05) is 7.05 Å². The maximum Gasteiger partial charge on any atom is 0.140 e. The van der Waals surface area contributed by atoms with E-state index in [1.165, 1.54) is 11.6 Å². The number of rotatable bonds is 5. The summed E-state index contributed by atoms with van der Waals surface area (Å²) in [4.78, 5) is 0. The lowest BCUT2D eigenvalue weighted by molar-refractivity contribution is 0.443. The number of hydrogen-bond donors (Lipinski definition) is 1. The fourth-order valence-electron chi connectivity index (χ4n) is 2.59. The Morgan fingerprint density at radius 2 is 2.10 bits per heavy atom. The van der Waals surface area contributed by atoms with E-state index in [1.807, 2.05) is 19.3 Å². The molecule has 1 heterocycles. The molecular formula is C17H20FN3. The topological polar surface area (TPSA) is 40.8 Å². The molecule has 0 bridgehead atoms. The van der Waals surface area contributed by atoms with Crippen LogP contribution in [0.5, 0.6) is 0 Å². The SMILES string of the molecule is CNC(c1ccn(Cc2ccc(F)c(C#N)c2)c1)C(C)C. The first-order valence-corrected chi connectivity index (χ1v) is 7.06. The van der Waals surface area contributed by atoms with Gasteiger partial charge in [0.05, 0.1) is 5.56 Å². The van der Waals surface area contributed by atoms with Crippen LogP contribution in [0.15, 0.2) is 36.7 Å². The van der Waals surface area contributed by atoms with Gasteiger partial charge in [-0.2, -0.15) is 5.26 Å². The van der Waals surface area contributed by atoms with Gasteiger partial charge in [-0.05, 0) is 42.3 Å². The molecule has 0 spiro atoms. The molecule has 0 aliphatic carbocycles. The molecule has 2 aromatic rings. The van der Waals surface area contributed by atoms with E-state index in [4.69, 9.17) is 5.26 Å². The van der Waals surface area contributed by atoms with Crippen molar-refractivity contribution in [3.63, 3.8) is 0 Å². The van der Waals surface area contributed by atoms with Crippen molar-refractivity contribution in [3.8, 4) is 6.07 Å². The van der Waals surface area contributed by atoms with Crippen LogP contribution in [0.2, 0.25) is 0 Å². The van der Waals surface area contributed by atoms with Crippen molar-refractivity contribution in [3.05, 3.63) is 59.2 Å². The van der Waals surface area contributed by atoms with E-state index in [0.29, 0.717) is 18.5 Å². The van der Waals surface area contributed by atoms with Gasteiger partial charge in [0.1, 0.15) is 11.9 Å². The molecule has 1 aromatic heterocycles. The molecule has 1 unspecified atom stereocenters. The fraction of sp³-hybridized carbons (Fsp3) is 0.353. The summed E-state index contributed by atoms with van der Waals surface area (Å²) < 4.78 is 15.4. The second-order valence-corrected chi connectivity index (χ2v) is 5.55. The zero-order valence-electron chi connectivity index (χ0n) is 12.6. The molecule has 0 aliphatic heterocycles. The highest BCUT2D eigenvalue weighted by atomic mass is 19.1. The fourth-order valence-corrected chi connectivity index (χ4v) is 2.59. The molecule has 4 heteroatoms. The van der Waals surface area contributed by atoms with Crippen LogP contribution in [-0.2, 0) is 6.54 Å². The van der Waals surface area contributed by atoms with E-state index in [2.05, 4.69) is 36.0 Å². The molecule has 0 saturated heterocycles. The predicted octanol–water partition coefficient (Wildman–Crippen LogP) is 3.46. The standard InChI is InChI=1S/C17H20FN3/c1-12(2)17(20-3)14-6-7-21(11-14)10-13-4-5-16(18)15(8-13)9-19/h4-8,11-12,17,20H,10H2,1-3H3. The van der Waals surface area contributed by atoms with Gasteiger partial charge in [0, 0.05) is 25.0 Å². The second kappa shape index (κ2) is 6.55. The Bertz CT molecular complexity index is 652. The van der Waals surface area contributed by atoms with Crippen molar-refractivity contribution >= 4 is 0 Å². The average Bonchev–Trinajstić information content (AvgIpc) is 2.89. The van der Waals surface area contributed by atoms with E-state index in [1.54, 1.807) is 12.1 Å². The minimum atomic E-state index is -0.468. The van der Waals surface area contributed by atoms with Gasteiger partial charge < -0.3 is 9.88 Å². The van der Waals surface area contributed by atoms with Gasteiger partial charge in [-0.1, -0.05) is 19.9 Å². The molecule has 1 atom stereocenters. The molecule has 3 nitrogen and oxygen atoms in total. The monoisotopic (exact) mass is 285 g/mol. The van der Waals surface area contributed by atoms with Gasteiger partial charge in [0.15, 0.2) is 0 Å². The van der Waals surface area contributed by atoms with Crippen LogP contribution in [0.4, 0.5) is 4.39 Å². The average molecular weight is 285 g/mol. The highest BCUT2D eigenvalue weighted by Crippen LogP contribution is 2.22. The van der Waals surface area contributed by atoms with E-state index >= 15 is 0 Å². The third-order valence-corrected chi connectivity index (χ3v) is 3.63. The van der Waals surface area contributed by atoms with Gasteiger partial charge in [-0.15, -0.1) is 0 Å². The summed E-state index contributed by atoms with van der Waals surface area (Å²) in [6, 6.07) is 8.95. The van der Waals surface area contributed by atoms with Crippen molar-refractivity contribution in [2.24, 2.45) is 5.92 Å². The summed E-state index contributed by atoms with van der Waals surface area (Å²) in [5.41, 5.74) is 2.24. The Balaban J connectivity index is 2.18. The van der Waals surface area contributed by atoms with E-state index in [-0.39, 0.29) is 5.56 Å². The Labute approximate surface area is 125 Å². The van der Waals surface area contributed by atoms with E-state index < -0.39 is 5.82 Å². The molecule has 1 N–H and O–H groups in total. The van der Waals surface area contributed by atoms with Crippen LogP contribution >= 0.6 is 0 Å². The number of hydrogen-bond acceptors (Lipinski definition) is 2. The maximum absolute atomic E-state index is 13.3. The van der Waals surface area contributed by atoms with Crippen LogP contribution in [0, 0.1) is 23.1 Å². The minimum absolute atomic E-state index is 0.0927. The number of nitrogens with zero attached hydrogens (tertiary/aromatic N) is 2. The summed E-state index contributed by atoms with van der Waals surface area (Å²) in [7, 11) is 1.96. The molecule has 0 radical (unpaired) electrons. The Hall–Kier alpha value is -2.12. The first-order valence-electron chi connectivity index (χ1n) is 7.06. The molecule has 0 amide bonds. The molecule has 2 rings (SSSR count). The summed E-state index contributed by atoms with van der Waals surface area (Å²) >= 11 is 0. The zero-order valence-corrected chi connectivity index (χ0v) is 12.6. The Morgan fingerprint density at radius 3 is 2.71 bits per heavy atom. The van der Waals surface area contributed by atoms with Gasteiger partial charge in [-0.3, -0.25) is 0 Å². The normalized spacial score (nSPS) is 12.4. The number of benzene rings is 1. The highest BCUT2D eigenvalue weighted by molar-refractivity contribution is 5.34. The minimum Gasteiger partial charge on any atom is -0.350 e. The molecule has 0 saturated carbocycles. The lowest BCUT2D eigenvalue weighted by Gasteiger charge is -2.18. The number of nitrogens with one attached hydrogen (secondary N) is 1. The van der Waals surface area contributed by atoms with Gasteiger partial charge >= 0.3 is 0 Å². The van der Waals surface area contributed by atoms with Gasteiger partial charge in [0.25, 0.3) is 0 Å².